The minimum Gasteiger partial charge on any atom is -0.463 e. The summed E-state index contributed by atoms with van der Waals surface area (Å²) in [4.78, 5) is 15.6. The van der Waals surface area contributed by atoms with Gasteiger partial charge in [0.05, 0.1) is 6.54 Å². The van der Waals surface area contributed by atoms with Crippen LogP contribution in [0.15, 0.2) is 34.9 Å². The van der Waals surface area contributed by atoms with Crippen molar-refractivity contribution in [1.29, 1.82) is 0 Å². The summed E-state index contributed by atoms with van der Waals surface area (Å²) in [6.07, 6.45) is 1.49. The Morgan fingerprint density at radius 1 is 1.48 bits per heavy atom. The number of nitrogens with one attached hydrogen (secondary N) is 2. The number of carbonyl (C=O) groups is 1. The van der Waals surface area contributed by atoms with E-state index in [0.29, 0.717) is 17.2 Å². The smallest absolute Gasteiger partial charge is 0.319 e. The zero-order chi connectivity index (χ0) is 15.5. The van der Waals surface area contributed by atoms with Crippen LogP contribution < -0.4 is 10.6 Å². The normalized spacial score (nSPS) is 13.5. The number of carbonyl (C=O) groups excluding carboxylic acids is 1. The summed E-state index contributed by atoms with van der Waals surface area (Å²) in [6, 6.07) is 6.11. The maximum atomic E-state index is 11.8. The summed E-state index contributed by atoms with van der Waals surface area (Å²) in [5.41, 5.74) is -0.775. The molecule has 0 saturated heterocycles. The third kappa shape index (κ3) is 4.21. The van der Waals surface area contributed by atoms with Crippen molar-refractivity contribution in [2.45, 2.75) is 19.4 Å². The summed E-state index contributed by atoms with van der Waals surface area (Å²) >= 11 is 5.73. The molecule has 6 nitrogen and oxygen atoms in total. The largest absolute Gasteiger partial charge is 0.463 e. The van der Waals surface area contributed by atoms with E-state index in [-0.39, 0.29) is 11.7 Å². The highest BCUT2D eigenvalue weighted by atomic mass is 35.5. The molecule has 2 heterocycles. The molecule has 0 aliphatic rings. The first kappa shape index (κ1) is 15.3. The number of anilines is 1. The molecule has 0 bridgehead atoms. The number of hydrogen-bond acceptors (Lipinski definition) is 4. The molecule has 0 aliphatic heterocycles. The van der Waals surface area contributed by atoms with Crippen molar-refractivity contribution in [3.63, 3.8) is 0 Å². The Balaban J connectivity index is 1.91. The van der Waals surface area contributed by atoms with Crippen LogP contribution in [0.25, 0.3) is 0 Å². The van der Waals surface area contributed by atoms with Crippen LogP contribution >= 0.6 is 11.6 Å². The van der Waals surface area contributed by atoms with E-state index < -0.39 is 11.6 Å². The minimum absolute atomic E-state index is 0.00457. The lowest BCUT2D eigenvalue weighted by molar-refractivity contribution is 0.0364. The predicted molar refractivity (Wildman–Crippen MR) is 79.3 cm³/mol. The topological polar surface area (TPSA) is 87.4 Å². The SMILES string of the molecule is Cc1ccc(C(C)(O)CNC(=O)Nc2ccnc(Cl)c2)o1. The summed E-state index contributed by atoms with van der Waals surface area (Å²) in [7, 11) is 0. The summed E-state index contributed by atoms with van der Waals surface area (Å²) in [6.45, 7) is 3.35. The fraction of sp³-hybridized carbons (Fsp3) is 0.286. The number of nitrogens with zero attached hydrogens (tertiary/aromatic N) is 1. The van der Waals surface area contributed by atoms with Crippen LogP contribution in [0.4, 0.5) is 10.5 Å². The van der Waals surface area contributed by atoms with Crippen LogP contribution in [-0.4, -0.2) is 22.7 Å². The molecule has 0 saturated carbocycles. The Bertz CT molecular complexity index is 640. The van der Waals surface area contributed by atoms with Crippen molar-refractivity contribution >= 4 is 23.3 Å². The summed E-state index contributed by atoms with van der Waals surface area (Å²) in [5, 5.41) is 15.7. The maximum absolute atomic E-state index is 11.8. The second-order valence-electron chi connectivity index (χ2n) is 4.86. The summed E-state index contributed by atoms with van der Waals surface area (Å²) < 4.78 is 5.37. The molecular formula is C14H16ClN3O3. The molecule has 0 radical (unpaired) electrons. The van der Waals surface area contributed by atoms with Crippen molar-refractivity contribution in [2.75, 3.05) is 11.9 Å². The van der Waals surface area contributed by atoms with Gasteiger partial charge in [0, 0.05) is 11.9 Å². The molecule has 2 amide bonds. The second kappa shape index (κ2) is 6.15. The van der Waals surface area contributed by atoms with Crippen LogP contribution in [0.2, 0.25) is 5.15 Å². The van der Waals surface area contributed by atoms with Gasteiger partial charge in [-0.05, 0) is 38.1 Å². The van der Waals surface area contributed by atoms with Gasteiger partial charge in [-0.3, -0.25) is 0 Å². The average Bonchev–Trinajstić information content (AvgIpc) is 2.84. The molecule has 7 heteroatoms. The van der Waals surface area contributed by atoms with Gasteiger partial charge in [0.25, 0.3) is 0 Å². The van der Waals surface area contributed by atoms with Gasteiger partial charge < -0.3 is 20.2 Å². The van der Waals surface area contributed by atoms with E-state index in [1.54, 1.807) is 32.0 Å². The third-order valence-corrected chi connectivity index (χ3v) is 3.06. The van der Waals surface area contributed by atoms with E-state index in [1.165, 1.54) is 12.3 Å². The molecule has 2 aromatic heterocycles. The highest BCUT2D eigenvalue weighted by Gasteiger charge is 2.27. The number of hydrogen-bond donors (Lipinski definition) is 3. The third-order valence-electron chi connectivity index (χ3n) is 2.85. The standard InChI is InChI=1S/C14H16ClN3O3/c1-9-3-4-11(21-9)14(2,20)8-17-13(19)18-10-5-6-16-12(15)7-10/h3-7,20H,8H2,1-2H3,(H2,16,17,18,19). The second-order valence-corrected chi connectivity index (χ2v) is 5.25. The van der Waals surface area contributed by atoms with Crippen LogP contribution in [0.3, 0.4) is 0 Å². The molecule has 1 atom stereocenters. The number of aliphatic hydroxyl groups is 1. The molecule has 0 spiro atoms. The average molecular weight is 310 g/mol. The molecule has 21 heavy (non-hydrogen) atoms. The fourth-order valence-electron chi connectivity index (χ4n) is 1.72. The van der Waals surface area contributed by atoms with Gasteiger partial charge in [-0.15, -0.1) is 0 Å². The molecule has 3 N–H and O–H groups in total. The molecular weight excluding hydrogens is 294 g/mol. The first-order valence-corrected chi connectivity index (χ1v) is 6.70. The maximum Gasteiger partial charge on any atom is 0.319 e. The van der Waals surface area contributed by atoms with E-state index >= 15 is 0 Å². The van der Waals surface area contributed by atoms with Crippen molar-refractivity contribution in [3.8, 4) is 0 Å². The fourth-order valence-corrected chi connectivity index (χ4v) is 1.89. The molecule has 0 fully saturated rings. The van der Waals surface area contributed by atoms with Crippen molar-refractivity contribution in [1.82, 2.24) is 10.3 Å². The molecule has 0 aliphatic carbocycles. The Hall–Kier alpha value is -2.05. The Labute approximate surface area is 127 Å². The zero-order valence-corrected chi connectivity index (χ0v) is 12.4. The molecule has 0 aromatic carbocycles. The lowest BCUT2D eigenvalue weighted by Gasteiger charge is -2.21. The van der Waals surface area contributed by atoms with E-state index in [1.807, 2.05) is 0 Å². The molecule has 112 valence electrons. The van der Waals surface area contributed by atoms with Crippen LogP contribution in [0, 0.1) is 6.92 Å². The van der Waals surface area contributed by atoms with E-state index in [4.69, 9.17) is 16.0 Å². The van der Waals surface area contributed by atoms with Crippen LogP contribution in [0.1, 0.15) is 18.4 Å². The first-order valence-electron chi connectivity index (χ1n) is 6.32. The number of pyridine rings is 1. The van der Waals surface area contributed by atoms with Crippen LogP contribution in [0.5, 0.6) is 0 Å². The Kier molecular flexibility index (Phi) is 4.50. The zero-order valence-electron chi connectivity index (χ0n) is 11.7. The number of rotatable bonds is 4. The molecule has 1 unspecified atom stereocenters. The van der Waals surface area contributed by atoms with Gasteiger partial charge in [-0.25, -0.2) is 9.78 Å². The van der Waals surface area contributed by atoms with Gasteiger partial charge >= 0.3 is 6.03 Å². The van der Waals surface area contributed by atoms with Gasteiger partial charge in [-0.2, -0.15) is 0 Å². The van der Waals surface area contributed by atoms with Crippen molar-refractivity contribution < 1.29 is 14.3 Å². The summed E-state index contributed by atoms with van der Waals surface area (Å²) in [5.74, 6) is 1.09. The molecule has 2 aromatic rings. The van der Waals surface area contributed by atoms with Crippen molar-refractivity contribution in [2.24, 2.45) is 0 Å². The van der Waals surface area contributed by atoms with Gasteiger partial charge in [0.15, 0.2) is 0 Å². The number of aryl methyl sites for hydroxylation is 1. The quantitative estimate of drug-likeness (QED) is 0.758. The van der Waals surface area contributed by atoms with Gasteiger partial charge in [-0.1, -0.05) is 11.6 Å². The van der Waals surface area contributed by atoms with Gasteiger partial charge in [0.1, 0.15) is 22.3 Å². The highest BCUT2D eigenvalue weighted by Crippen LogP contribution is 2.22. The first-order chi connectivity index (χ1) is 9.87. The number of amides is 2. The highest BCUT2D eigenvalue weighted by molar-refractivity contribution is 6.29. The lowest BCUT2D eigenvalue weighted by Crippen LogP contribution is -2.40. The Morgan fingerprint density at radius 2 is 2.24 bits per heavy atom. The molecule has 2 rings (SSSR count). The number of urea groups is 1. The van der Waals surface area contributed by atoms with Crippen molar-refractivity contribution in [3.05, 3.63) is 47.1 Å². The predicted octanol–water partition coefficient (Wildman–Crippen LogP) is 2.67. The number of furan rings is 1. The minimum atomic E-state index is -1.29. The number of halogens is 1. The van der Waals surface area contributed by atoms with E-state index in [2.05, 4.69) is 15.6 Å². The number of aromatic nitrogens is 1. The lowest BCUT2D eigenvalue weighted by atomic mass is 10.0. The van der Waals surface area contributed by atoms with Crippen LogP contribution in [-0.2, 0) is 5.60 Å². The van der Waals surface area contributed by atoms with E-state index in [9.17, 15) is 9.90 Å². The Morgan fingerprint density at radius 3 is 2.86 bits per heavy atom. The van der Waals surface area contributed by atoms with E-state index in [0.717, 1.165) is 0 Å². The monoisotopic (exact) mass is 309 g/mol. The van der Waals surface area contributed by atoms with Gasteiger partial charge in [0.2, 0.25) is 0 Å².